The first kappa shape index (κ1) is 15.0. The van der Waals surface area contributed by atoms with Crippen LogP contribution in [0.4, 0.5) is 5.69 Å². The maximum Gasteiger partial charge on any atom is 0.270 e. The normalized spacial score (nSPS) is 11.5. The molecule has 1 aromatic rings. The van der Waals surface area contributed by atoms with Gasteiger partial charge in [0.2, 0.25) is 0 Å². The molecule has 0 aliphatic carbocycles. The van der Waals surface area contributed by atoms with Crippen LogP contribution in [0.5, 0.6) is 0 Å². The van der Waals surface area contributed by atoms with E-state index in [4.69, 9.17) is 18.0 Å². The number of hydrazone groups is 1. The van der Waals surface area contributed by atoms with Gasteiger partial charge in [0.1, 0.15) is 0 Å². The van der Waals surface area contributed by atoms with E-state index in [2.05, 4.69) is 5.10 Å². The van der Waals surface area contributed by atoms with Gasteiger partial charge >= 0.3 is 0 Å². The summed E-state index contributed by atoms with van der Waals surface area (Å²) in [6.07, 6.45) is 1.50. The average molecular weight is 280 g/mol. The van der Waals surface area contributed by atoms with E-state index in [1.54, 1.807) is 12.1 Å². The van der Waals surface area contributed by atoms with Crippen LogP contribution < -0.4 is 5.73 Å². The van der Waals surface area contributed by atoms with Gasteiger partial charge in [0, 0.05) is 17.7 Å². The van der Waals surface area contributed by atoms with Crippen molar-refractivity contribution in [1.29, 1.82) is 0 Å². The van der Waals surface area contributed by atoms with E-state index in [1.165, 1.54) is 23.4 Å². The van der Waals surface area contributed by atoms with Gasteiger partial charge in [-0.25, -0.2) is 5.01 Å². The summed E-state index contributed by atoms with van der Waals surface area (Å²) < 4.78 is 0. The number of nitro benzene ring substituents is 1. The number of hydrogen-bond donors (Lipinski definition) is 1. The number of nitro groups is 1. The monoisotopic (exact) mass is 280 g/mol. The van der Waals surface area contributed by atoms with Gasteiger partial charge in [-0.05, 0) is 33.0 Å². The molecule has 19 heavy (non-hydrogen) atoms. The Morgan fingerprint density at radius 3 is 2.63 bits per heavy atom. The maximum atomic E-state index is 10.7. The Hall–Kier alpha value is -2.02. The summed E-state index contributed by atoms with van der Waals surface area (Å²) in [5.74, 6) is 0. The number of benzene rings is 1. The van der Waals surface area contributed by atoms with Gasteiger partial charge in [0.05, 0.1) is 16.7 Å². The average Bonchev–Trinajstić information content (AvgIpc) is 2.27. The molecule has 0 aliphatic heterocycles. The fraction of sp³-hybridized carbons (Fsp3) is 0.333. The van der Waals surface area contributed by atoms with E-state index in [0.717, 1.165) is 0 Å². The molecular formula is C12H16N4O2S. The van der Waals surface area contributed by atoms with Crippen molar-refractivity contribution in [2.75, 3.05) is 0 Å². The summed E-state index contributed by atoms with van der Waals surface area (Å²) in [7, 11) is 0. The summed E-state index contributed by atoms with van der Waals surface area (Å²) in [6, 6.07) is 6.18. The molecular weight excluding hydrogens is 264 g/mol. The Kier molecular flexibility index (Phi) is 4.55. The first-order valence-corrected chi connectivity index (χ1v) is 6.01. The second-order valence-corrected chi connectivity index (χ2v) is 5.34. The van der Waals surface area contributed by atoms with Crippen molar-refractivity contribution >= 4 is 29.2 Å². The zero-order valence-electron chi connectivity index (χ0n) is 11.0. The van der Waals surface area contributed by atoms with Gasteiger partial charge in [-0.2, -0.15) is 5.10 Å². The molecule has 0 atom stereocenters. The molecule has 0 amide bonds. The summed E-state index contributed by atoms with van der Waals surface area (Å²) in [4.78, 5) is 10.2. The molecule has 0 radical (unpaired) electrons. The van der Waals surface area contributed by atoms with E-state index in [9.17, 15) is 10.1 Å². The Balaban J connectivity index is 3.00. The molecule has 102 valence electrons. The largest absolute Gasteiger partial charge is 0.375 e. The fourth-order valence-corrected chi connectivity index (χ4v) is 1.72. The van der Waals surface area contributed by atoms with E-state index in [1.807, 2.05) is 20.8 Å². The Bertz CT molecular complexity index is 523. The highest BCUT2D eigenvalue weighted by molar-refractivity contribution is 7.80. The summed E-state index contributed by atoms with van der Waals surface area (Å²) in [5, 5.41) is 16.5. The van der Waals surface area contributed by atoms with Crippen molar-refractivity contribution in [3.63, 3.8) is 0 Å². The SMILES string of the molecule is CC(C)(C)N(/N=C/c1cccc([N+](=O)[O-])c1)C(N)=S. The van der Waals surface area contributed by atoms with Gasteiger partial charge in [-0.3, -0.25) is 10.1 Å². The van der Waals surface area contributed by atoms with Crippen LogP contribution in [0.2, 0.25) is 0 Å². The van der Waals surface area contributed by atoms with Gasteiger partial charge in [-0.1, -0.05) is 12.1 Å². The Morgan fingerprint density at radius 2 is 2.16 bits per heavy atom. The van der Waals surface area contributed by atoms with E-state index in [-0.39, 0.29) is 16.3 Å². The third kappa shape index (κ3) is 4.29. The lowest BCUT2D eigenvalue weighted by Crippen LogP contribution is -2.44. The van der Waals surface area contributed by atoms with Gasteiger partial charge in [0.15, 0.2) is 5.11 Å². The van der Waals surface area contributed by atoms with E-state index < -0.39 is 4.92 Å². The Morgan fingerprint density at radius 1 is 1.53 bits per heavy atom. The van der Waals surface area contributed by atoms with Gasteiger partial charge in [-0.15, -0.1) is 0 Å². The molecule has 0 fully saturated rings. The van der Waals surface area contributed by atoms with Crippen LogP contribution in [0.15, 0.2) is 29.4 Å². The zero-order chi connectivity index (χ0) is 14.6. The molecule has 0 unspecified atom stereocenters. The molecule has 6 nitrogen and oxygen atoms in total. The quantitative estimate of drug-likeness (QED) is 0.397. The molecule has 0 bridgehead atoms. The van der Waals surface area contributed by atoms with E-state index >= 15 is 0 Å². The number of rotatable bonds is 3. The molecule has 2 N–H and O–H groups in total. The highest BCUT2D eigenvalue weighted by Gasteiger charge is 2.21. The second-order valence-electron chi connectivity index (χ2n) is 4.92. The molecule has 0 saturated heterocycles. The summed E-state index contributed by atoms with van der Waals surface area (Å²) in [5.41, 5.74) is 5.87. The van der Waals surface area contributed by atoms with Crippen LogP contribution in [-0.2, 0) is 0 Å². The molecule has 0 aromatic heterocycles. The minimum absolute atomic E-state index is 0.0154. The van der Waals surface area contributed by atoms with Crippen molar-refractivity contribution in [2.24, 2.45) is 10.8 Å². The molecule has 1 rings (SSSR count). The smallest absolute Gasteiger partial charge is 0.270 e. The van der Waals surface area contributed by atoms with Gasteiger partial charge in [0.25, 0.3) is 5.69 Å². The molecule has 0 aliphatic rings. The van der Waals surface area contributed by atoms with Crippen molar-refractivity contribution < 1.29 is 4.92 Å². The lowest BCUT2D eigenvalue weighted by Gasteiger charge is -2.31. The van der Waals surface area contributed by atoms with Crippen LogP contribution in [0.1, 0.15) is 26.3 Å². The van der Waals surface area contributed by atoms with E-state index in [0.29, 0.717) is 5.56 Å². The number of thiocarbonyl (C=S) groups is 1. The van der Waals surface area contributed by atoms with Crippen molar-refractivity contribution in [3.05, 3.63) is 39.9 Å². The predicted molar refractivity (Wildman–Crippen MR) is 79.1 cm³/mol. The first-order chi connectivity index (χ1) is 8.71. The van der Waals surface area contributed by atoms with Crippen molar-refractivity contribution in [3.8, 4) is 0 Å². The van der Waals surface area contributed by atoms with Crippen LogP contribution in [-0.4, -0.2) is 26.8 Å². The molecule has 0 spiro atoms. The lowest BCUT2D eigenvalue weighted by atomic mass is 10.1. The lowest BCUT2D eigenvalue weighted by molar-refractivity contribution is -0.384. The van der Waals surface area contributed by atoms with Crippen LogP contribution in [0.3, 0.4) is 0 Å². The summed E-state index contributed by atoms with van der Waals surface area (Å²) in [6.45, 7) is 5.74. The highest BCUT2D eigenvalue weighted by Crippen LogP contribution is 2.15. The minimum atomic E-state index is -0.452. The van der Waals surface area contributed by atoms with Crippen LogP contribution >= 0.6 is 12.2 Å². The Labute approximate surface area is 117 Å². The van der Waals surface area contributed by atoms with Crippen molar-refractivity contribution in [1.82, 2.24) is 5.01 Å². The minimum Gasteiger partial charge on any atom is -0.375 e. The number of nitrogens with zero attached hydrogens (tertiary/aromatic N) is 3. The number of hydrogen-bond acceptors (Lipinski definition) is 4. The van der Waals surface area contributed by atoms with Crippen LogP contribution in [0, 0.1) is 10.1 Å². The topological polar surface area (TPSA) is 84.8 Å². The zero-order valence-corrected chi connectivity index (χ0v) is 11.8. The third-order valence-corrected chi connectivity index (χ3v) is 2.42. The molecule has 0 saturated carbocycles. The summed E-state index contributed by atoms with van der Waals surface area (Å²) >= 11 is 4.93. The maximum absolute atomic E-state index is 10.7. The highest BCUT2D eigenvalue weighted by atomic mass is 32.1. The molecule has 7 heteroatoms. The number of non-ortho nitro benzene ring substituents is 1. The van der Waals surface area contributed by atoms with Gasteiger partial charge < -0.3 is 5.73 Å². The predicted octanol–water partition coefficient (Wildman–Crippen LogP) is 2.27. The standard InChI is InChI=1S/C12H16N4O2S/c1-12(2,3)15(11(13)19)14-8-9-5-4-6-10(7-9)16(17)18/h4-8H,1-3H3,(H2,13,19)/b14-8+. The molecule has 1 aromatic carbocycles. The van der Waals surface area contributed by atoms with Crippen LogP contribution in [0.25, 0.3) is 0 Å². The van der Waals surface area contributed by atoms with Crippen molar-refractivity contribution in [2.45, 2.75) is 26.3 Å². The second kappa shape index (κ2) is 5.75. The first-order valence-electron chi connectivity index (χ1n) is 5.60. The molecule has 0 heterocycles. The third-order valence-electron chi connectivity index (χ3n) is 2.25. The fourth-order valence-electron chi connectivity index (χ4n) is 1.40. The number of nitrogens with two attached hydrogens (primary N) is 1.